The van der Waals surface area contributed by atoms with Crippen LogP contribution >= 0.6 is 39.1 Å². The summed E-state index contributed by atoms with van der Waals surface area (Å²) in [6, 6.07) is 29.8. The molecule has 0 aliphatic rings. The number of halogens is 3. The molecule has 0 saturated heterocycles. The largest absolute Gasteiger partial charge is 0.497 e. The van der Waals surface area contributed by atoms with Gasteiger partial charge in [-0.2, -0.15) is 0 Å². The van der Waals surface area contributed by atoms with Crippen molar-refractivity contribution in [3.05, 3.63) is 117 Å². The molecule has 0 unspecified atom stereocenters. The molecular formula is C26H24BBrCl2O4. The molecule has 4 rings (SSSR count). The van der Waals surface area contributed by atoms with Crippen LogP contribution < -0.4 is 10.2 Å². The molecule has 0 bridgehead atoms. The molecule has 8 heteroatoms. The molecule has 3 N–H and O–H groups in total. The van der Waals surface area contributed by atoms with E-state index in [9.17, 15) is 0 Å². The molecule has 4 nitrogen and oxygen atoms in total. The summed E-state index contributed by atoms with van der Waals surface area (Å²) in [6.07, 6.45) is 0. The summed E-state index contributed by atoms with van der Waals surface area (Å²) in [4.78, 5) is 0. The smallest absolute Gasteiger partial charge is 0.489 e. The van der Waals surface area contributed by atoms with Crippen LogP contribution in [0, 0.1) is 0 Å². The molecule has 0 radical (unpaired) electrons. The van der Waals surface area contributed by atoms with Crippen molar-refractivity contribution in [3.8, 4) is 16.9 Å². The molecular weight excluding hydrogens is 538 g/mol. The fraction of sp³-hybridized carbons (Fsp3) is 0.0769. The second kappa shape index (κ2) is 14.8. The van der Waals surface area contributed by atoms with Crippen molar-refractivity contribution in [2.24, 2.45) is 0 Å². The average Bonchev–Trinajstić information content (AvgIpc) is 2.85. The monoisotopic (exact) mass is 560 g/mol. The van der Waals surface area contributed by atoms with Gasteiger partial charge in [-0.1, -0.05) is 99.8 Å². The summed E-state index contributed by atoms with van der Waals surface area (Å²) in [5.74, 6) is 0.840. The summed E-state index contributed by atoms with van der Waals surface area (Å²) in [6.45, 7) is 0.111. The Bertz CT molecular complexity index is 1170. The molecule has 0 amide bonds. The van der Waals surface area contributed by atoms with Crippen molar-refractivity contribution in [1.29, 1.82) is 0 Å². The molecule has 0 saturated carbocycles. The van der Waals surface area contributed by atoms with Gasteiger partial charge >= 0.3 is 7.12 Å². The van der Waals surface area contributed by atoms with Gasteiger partial charge in [0.2, 0.25) is 0 Å². The molecule has 0 aliphatic carbocycles. The third-order valence-corrected chi connectivity index (χ3v) is 5.68. The number of hydrogen-bond acceptors (Lipinski definition) is 4. The van der Waals surface area contributed by atoms with E-state index in [0.717, 1.165) is 31.9 Å². The maximum absolute atomic E-state index is 8.68. The molecule has 176 valence electrons. The minimum absolute atomic E-state index is 0.111. The first-order valence-corrected chi connectivity index (χ1v) is 11.8. The van der Waals surface area contributed by atoms with Gasteiger partial charge in [0, 0.05) is 25.5 Å². The van der Waals surface area contributed by atoms with Crippen molar-refractivity contribution in [2.75, 3.05) is 7.11 Å². The zero-order chi connectivity index (χ0) is 24.9. The van der Waals surface area contributed by atoms with Crippen molar-refractivity contribution < 1.29 is 19.9 Å². The third-order valence-electron chi connectivity index (χ3n) is 4.51. The van der Waals surface area contributed by atoms with Gasteiger partial charge in [-0.3, -0.25) is 0 Å². The average molecular weight is 562 g/mol. The highest BCUT2D eigenvalue weighted by molar-refractivity contribution is 9.10. The maximum Gasteiger partial charge on any atom is 0.489 e. The quantitative estimate of drug-likeness (QED) is 0.268. The van der Waals surface area contributed by atoms with Crippen LogP contribution in [0.4, 0.5) is 0 Å². The molecule has 0 aliphatic heterocycles. The Morgan fingerprint density at radius 3 is 1.97 bits per heavy atom. The summed E-state index contributed by atoms with van der Waals surface area (Å²) < 4.78 is 6.18. The van der Waals surface area contributed by atoms with Crippen LogP contribution in [0.1, 0.15) is 5.56 Å². The van der Waals surface area contributed by atoms with E-state index >= 15 is 0 Å². The number of benzene rings is 4. The van der Waals surface area contributed by atoms with Crippen LogP contribution in [-0.4, -0.2) is 29.4 Å². The predicted octanol–water partition coefficient (Wildman–Crippen LogP) is 5.98. The summed E-state index contributed by atoms with van der Waals surface area (Å²) in [7, 11) is 0.180. The standard InChI is InChI=1S/C13H11ClO.C7H7BrO.C6H6BClO2/c1-15-11-6-4-5-10(9-11)12-7-2-3-8-13(12)14;8-7-3-1-2-6(4-7)5-9;8-6-4-2-1-3-5(6)7(9)10/h2-9H,1H3;1-4,9H,5H2;1-4,9-10H. The Balaban J connectivity index is 0.000000189. The first kappa shape index (κ1) is 27.9. The van der Waals surface area contributed by atoms with Crippen LogP contribution in [0.2, 0.25) is 10.0 Å². The van der Waals surface area contributed by atoms with Crippen LogP contribution in [-0.2, 0) is 6.61 Å². The lowest BCUT2D eigenvalue weighted by molar-refractivity contribution is 0.282. The highest BCUT2D eigenvalue weighted by Gasteiger charge is 2.13. The van der Waals surface area contributed by atoms with Gasteiger partial charge in [0.1, 0.15) is 5.75 Å². The van der Waals surface area contributed by atoms with Crippen LogP contribution in [0.3, 0.4) is 0 Å². The molecule has 0 spiro atoms. The topological polar surface area (TPSA) is 69.9 Å². The summed E-state index contributed by atoms with van der Waals surface area (Å²) in [5.41, 5.74) is 3.37. The van der Waals surface area contributed by atoms with E-state index < -0.39 is 7.12 Å². The minimum atomic E-state index is -1.48. The van der Waals surface area contributed by atoms with Gasteiger partial charge in [-0.05, 0) is 47.5 Å². The number of rotatable bonds is 4. The molecule has 0 heterocycles. The SMILES string of the molecule is COc1cccc(-c2ccccc2Cl)c1.OB(O)c1ccccc1Cl.OCc1cccc(Br)c1. The fourth-order valence-corrected chi connectivity index (χ4v) is 3.73. The number of ether oxygens (including phenoxy) is 1. The second-order valence-electron chi connectivity index (χ2n) is 6.90. The van der Waals surface area contributed by atoms with E-state index in [2.05, 4.69) is 15.9 Å². The molecule has 4 aromatic carbocycles. The van der Waals surface area contributed by atoms with E-state index in [-0.39, 0.29) is 6.61 Å². The minimum Gasteiger partial charge on any atom is -0.497 e. The molecule has 0 atom stereocenters. The second-order valence-corrected chi connectivity index (χ2v) is 8.63. The van der Waals surface area contributed by atoms with E-state index in [0.29, 0.717) is 10.5 Å². The van der Waals surface area contributed by atoms with E-state index in [4.69, 9.17) is 43.1 Å². The number of methoxy groups -OCH3 is 1. The van der Waals surface area contributed by atoms with Crippen LogP contribution in [0.15, 0.2) is 102 Å². The Labute approximate surface area is 218 Å². The predicted molar refractivity (Wildman–Crippen MR) is 145 cm³/mol. The Kier molecular flexibility index (Phi) is 12.2. The Hall–Kier alpha value is -2.32. The third kappa shape index (κ3) is 9.14. The van der Waals surface area contributed by atoms with Crippen molar-refractivity contribution >= 4 is 51.7 Å². The zero-order valence-electron chi connectivity index (χ0n) is 18.4. The van der Waals surface area contributed by atoms with Crippen LogP contribution in [0.5, 0.6) is 5.75 Å². The van der Waals surface area contributed by atoms with Gasteiger partial charge < -0.3 is 19.9 Å². The van der Waals surface area contributed by atoms with Crippen molar-refractivity contribution in [3.63, 3.8) is 0 Å². The highest BCUT2D eigenvalue weighted by atomic mass is 79.9. The zero-order valence-corrected chi connectivity index (χ0v) is 21.5. The first-order chi connectivity index (χ1) is 16.3. The highest BCUT2D eigenvalue weighted by Crippen LogP contribution is 2.29. The van der Waals surface area contributed by atoms with Gasteiger partial charge in [-0.15, -0.1) is 0 Å². The summed E-state index contributed by atoms with van der Waals surface area (Å²) in [5, 5.41) is 27.1. The fourth-order valence-electron chi connectivity index (χ4n) is 2.81. The lowest BCUT2D eigenvalue weighted by Crippen LogP contribution is -2.30. The van der Waals surface area contributed by atoms with E-state index in [1.165, 1.54) is 0 Å². The Morgan fingerprint density at radius 1 is 0.794 bits per heavy atom. The van der Waals surface area contributed by atoms with Crippen molar-refractivity contribution in [1.82, 2.24) is 0 Å². The van der Waals surface area contributed by atoms with Gasteiger partial charge in [0.05, 0.1) is 13.7 Å². The first-order valence-electron chi connectivity index (χ1n) is 10.2. The molecule has 0 aromatic heterocycles. The van der Waals surface area contributed by atoms with E-state index in [1.54, 1.807) is 31.4 Å². The van der Waals surface area contributed by atoms with Gasteiger partial charge in [0.15, 0.2) is 0 Å². The Morgan fingerprint density at radius 2 is 1.44 bits per heavy atom. The number of hydrogen-bond donors (Lipinski definition) is 3. The molecule has 4 aromatic rings. The number of aliphatic hydroxyl groups excluding tert-OH is 1. The lowest BCUT2D eigenvalue weighted by atomic mass is 9.80. The van der Waals surface area contributed by atoms with E-state index in [1.807, 2.05) is 72.8 Å². The summed E-state index contributed by atoms with van der Waals surface area (Å²) >= 11 is 15.0. The lowest BCUT2D eigenvalue weighted by Gasteiger charge is -2.06. The maximum atomic E-state index is 8.68. The van der Waals surface area contributed by atoms with Gasteiger partial charge in [-0.25, -0.2) is 0 Å². The van der Waals surface area contributed by atoms with Gasteiger partial charge in [0.25, 0.3) is 0 Å². The number of aliphatic hydroxyl groups is 1. The van der Waals surface area contributed by atoms with Crippen molar-refractivity contribution in [2.45, 2.75) is 6.61 Å². The normalized spacial score (nSPS) is 9.74. The molecule has 34 heavy (non-hydrogen) atoms. The van der Waals surface area contributed by atoms with Crippen LogP contribution in [0.25, 0.3) is 11.1 Å². The molecule has 0 fully saturated rings.